The van der Waals surface area contributed by atoms with Gasteiger partial charge in [-0.25, -0.2) is 9.67 Å². The molecule has 2 aromatic heterocycles. The van der Waals surface area contributed by atoms with Crippen LogP contribution in [0.1, 0.15) is 79.6 Å². The van der Waals surface area contributed by atoms with Crippen molar-refractivity contribution in [2.75, 3.05) is 13.2 Å². The lowest BCUT2D eigenvalue weighted by molar-refractivity contribution is -0.127. The van der Waals surface area contributed by atoms with Gasteiger partial charge in [-0.05, 0) is 66.5 Å². The van der Waals surface area contributed by atoms with Gasteiger partial charge in [0.1, 0.15) is 17.1 Å². The molecule has 3 heterocycles. The first-order valence-corrected chi connectivity index (χ1v) is 14.2. The molecular weight excluding hydrogens is 486 g/mol. The number of benzene rings is 2. The number of aryl methyl sites for hydroxylation is 3. The molecule has 0 bridgehead atoms. The van der Waals surface area contributed by atoms with Gasteiger partial charge in [-0.3, -0.25) is 4.79 Å². The summed E-state index contributed by atoms with van der Waals surface area (Å²) in [6, 6.07) is 11.0. The van der Waals surface area contributed by atoms with Crippen LogP contribution in [0.15, 0.2) is 42.7 Å². The Morgan fingerprint density at radius 3 is 2.67 bits per heavy atom. The Labute approximate surface area is 231 Å². The number of carbonyl (C=O) groups is 1. The number of aromatic nitrogens is 5. The number of nitrogens with zero attached hydrogens (tertiary/aromatic N) is 5. The quantitative estimate of drug-likeness (QED) is 0.269. The fourth-order valence-corrected chi connectivity index (χ4v) is 6.27. The van der Waals surface area contributed by atoms with Crippen LogP contribution in [0.3, 0.4) is 0 Å². The summed E-state index contributed by atoms with van der Waals surface area (Å²) in [6.07, 6.45) is 7.68. The van der Waals surface area contributed by atoms with Crippen molar-refractivity contribution >= 4 is 16.8 Å². The molecule has 7 heteroatoms. The van der Waals surface area contributed by atoms with Gasteiger partial charge in [0.15, 0.2) is 0 Å². The lowest BCUT2D eigenvalue weighted by Crippen LogP contribution is -2.32. The highest BCUT2D eigenvalue weighted by Gasteiger charge is 2.39. The van der Waals surface area contributed by atoms with E-state index in [4.69, 9.17) is 9.72 Å². The Bertz CT molecular complexity index is 1480. The van der Waals surface area contributed by atoms with Gasteiger partial charge in [-0.15, -0.1) is 5.10 Å². The average molecular weight is 528 g/mol. The first kappa shape index (κ1) is 27.3. The minimum atomic E-state index is -0.592. The highest BCUT2D eigenvalue weighted by molar-refractivity contribution is 5.87. The van der Waals surface area contributed by atoms with Crippen LogP contribution in [0.2, 0.25) is 0 Å². The van der Waals surface area contributed by atoms with Crippen LogP contribution in [-0.2, 0) is 29.5 Å². The van der Waals surface area contributed by atoms with Crippen LogP contribution in [0.5, 0.6) is 0 Å². The van der Waals surface area contributed by atoms with E-state index in [0.717, 1.165) is 72.6 Å². The maximum Gasteiger partial charge on any atom is 0.139 e. The SMILES string of the molecule is CCC(=O)C(C)(C)C(c1ccc(C)c(Cn2ccnc2CC2CCOCC2)c1)c1ccc2c(nnn2C)c1C. The smallest absolute Gasteiger partial charge is 0.139 e. The normalized spacial score (nSPS) is 15.6. The predicted molar refractivity (Wildman–Crippen MR) is 154 cm³/mol. The van der Waals surface area contributed by atoms with Crippen molar-refractivity contribution in [3.63, 3.8) is 0 Å². The number of fused-ring (bicyclic) bond motifs is 1. The van der Waals surface area contributed by atoms with Crippen molar-refractivity contribution in [1.29, 1.82) is 0 Å². The Balaban J connectivity index is 1.54. The van der Waals surface area contributed by atoms with Crippen molar-refractivity contribution in [3.8, 4) is 0 Å². The zero-order valence-corrected chi connectivity index (χ0v) is 24.2. The van der Waals surface area contributed by atoms with Gasteiger partial charge in [0.25, 0.3) is 0 Å². The number of hydrogen-bond donors (Lipinski definition) is 0. The topological polar surface area (TPSA) is 74.8 Å². The molecule has 1 aliphatic rings. The monoisotopic (exact) mass is 527 g/mol. The van der Waals surface area contributed by atoms with Crippen LogP contribution in [0.25, 0.3) is 11.0 Å². The summed E-state index contributed by atoms with van der Waals surface area (Å²) >= 11 is 0. The molecule has 206 valence electrons. The molecule has 7 nitrogen and oxygen atoms in total. The van der Waals surface area contributed by atoms with Gasteiger partial charge in [-0.2, -0.15) is 0 Å². The largest absolute Gasteiger partial charge is 0.381 e. The molecule has 0 saturated carbocycles. The lowest BCUT2D eigenvalue weighted by atomic mass is 9.67. The second-order valence-electron chi connectivity index (χ2n) is 11.7. The van der Waals surface area contributed by atoms with E-state index in [-0.39, 0.29) is 11.7 Å². The predicted octanol–water partition coefficient (Wildman–Crippen LogP) is 5.94. The molecule has 0 amide bonds. The fraction of sp³-hybridized carbons (Fsp3) is 0.500. The van der Waals surface area contributed by atoms with Crippen molar-refractivity contribution < 1.29 is 9.53 Å². The first-order chi connectivity index (χ1) is 18.7. The number of hydrogen-bond acceptors (Lipinski definition) is 5. The van der Waals surface area contributed by atoms with Gasteiger partial charge in [0.05, 0.1) is 5.52 Å². The number of Topliss-reactive ketones (excluding diaryl/α,β-unsaturated/α-hetero) is 1. The minimum absolute atomic E-state index is 0.111. The van der Waals surface area contributed by atoms with Crippen molar-refractivity contribution in [2.45, 2.75) is 72.8 Å². The molecule has 39 heavy (non-hydrogen) atoms. The molecule has 1 atom stereocenters. The summed E-state index contributed by atoms with van der Waals surface area (Å²) in [7, 11) is 1.91. The third kappa shape index (κ3) is 5.29. The van der Waals surface area contributed by atoms with E-state index in [1.165, 1.54) is 11.1 Å². The van der Waals surface area contributed by atoms with Gasteiger partial charge < -0.3 is 9.30 Å². The van der Waals surface area contributed by atoms with E-state index in [1.807, 2.05) is 20.2 Å². The van der Waals surface area contributed by atoms with E-state index in [2.05, 4.69) is 79.1 Å². The third-order valence-corrected chi connectivity index (χ3v) is 8.81. The summed E-state index contributed by atoms with van der Waals surface area (Å²) in [5.74, 6) is 1.90. The standard InChI is InChI=1S/C32H41N5O2/c1-7-28(38)32(4,5)30(26-10-11-27-31(22(26)3)34-35-36(27)6)24-9-8-21(2)25(19-24)20-37-15-14-33-29(37)18-23-12-16-39-17-13-23/h8-11,14-15,19,23,30H,7,12-13,16-18,20H2,1-6H3. The van der Waals surface area contributed by atoms with E-state index in [1.54, 1.807) is 4.68 Å². The molecule has 1 saturated heterocycles. The molecule has 4 aromatic rings. The second-order valence-corrected chi connectivity index (χ2v) is 11.7. The van der Waals surface area contributed by atoms with Crippen molar-refractivity contribution in [1.82, 2.24) is 24.5 Å². The van der Waals surface area contributed by atoms with Gasteiger partial charge in [0.2, 0.25) is 0 Å². The average Bonchev–Trinajstić information content (AvgIpc) is 3.53. The van der Waals surface area contributed by atoms with E-state index >= 15 is 0 Å². The zero-order chi connectivity index (χ0) is 27.7. The lowest BCUT2D eigenvalue weighted by Gasteiger charge is -2.35. The Morgan fingerprint density at radius 2 is 1.92 bits per heavy atom. The maximum absolute atomic E-state index is 13.4. The van der Waals surface area contributed by atoms with Crippen LogP contribution >= 0.6 is 0 Å². The van der Waals surface area contributed by atoms with Crippen LogP contribution < -0.4 is 0 Å². The van der Waals surface area contributed by atoms with Gasteiger partial charge in [0, 0.05) is 63.4 Å². The summed E-state index contributed by atoms with van der Waals surface area (Å²) in [5, 5.41) is 8.70. The van der Waals surface area contributed by atoms with Crippen molar-refractivity contribution in [2.24, 2.45) is 18.4 Å². The maximum atomic E-state index is 13.4. The van der Waals surface area contributed by atoms with Gasteiger partial charge >= 0.3 is 0 Å². The number of carbonyl (C=O) groups excluding carboxylic acids is 1. The molecule has 2 aromatic carbocycles. The number of ether oxygens (including phenoxy) is 1. The summed E-state index contributed by atoms with van der Waals surface area (Å²) in [6.45, 7) is 12.9. The molecule has 0 aliphatic carbocycles. The molecule has 5 rings (SSSR count). The van der Waals surface area contributed by atoms with Crippen LogP contribution in [0, 0.1) is 25.2 Å². The highest BCUT2D eigenvalue weighted by Crippen LogP contribution is 2.45. The van der Waals surface area contributed by atoms with Gasteiger partial charge in [-0.1, -0.05) is 50.3 Å². The summed E-state index contributed by atoms with van der Waals surface area (Å²) < 4.78 is 9.65. The molecule has 0 radical (unpaired) electrons. The first-order valence-electron chi connectivity index (χ1n) is 14.2. The fourth-order valence-electron chi connectivity index (χ4n) is 6.27. The Morgan fingerprint density at radius 1 is 1.15 bits per heavy atom. The number of imidazole rings is 1. The molecule has 0 N–H and O–H groups in total. The second kappa shape index (κ2) is 11.0. The van der Waals surface area contributed by atoms with Crippen LogP contribution in [0.4, 0.5) is 0 Å². The molecule has 1 fully saturated rings. The highest BCUT2D eigenvalue weighted by atomic mass is 16.5. The zero-order valence-electron chi connectivity index (χ0n) is 24.2. The molecule has 1 unspecified atom stereocenters. The van der Waals surface area contributed by atoms with Crippen LogP contribution in [-0.4, -0.2) is 43.5 Å². The number of ketones is 1. The molecular formula is C32H41N5O2. The Kier molecular flexibility index (Phi) is 7.72. The molecule has 1 aliphatic heterocycles. The molecule has 0 spiro atoms. The number of rotatable bonds is 9. The van der Waals surface area contributed by atoms with E-state index in [9.17, 15) is 4.79 Å². The minimum Gasteiger partial charge on any atom is -0.381 e. The summed E-state index contributed by atoms with van der Waals surface area (Å²) in [4.78, 5) is 18.1. The Hall–Kier alpha value is -3.32. The summed E-state index contributed by atoms with van der Waals surface area (Å²) in [5.41, 5.74) is 7.15. The van der Waals surface area contributed by atoms with E-state index in [0.29, 0.717) is 12.3 Å². The van der Waals surface area contributed by atoms with E-state index < -0.39 is 5.41 Å². The van der Waals surface area contributed by atoms with Crippen molar-refractivity contribution in [3.05, 3.63) is 76.4 Å². The third-order valence-electron chi connectivity index (χ3n) is 8.81.